The van der Waals surface area contributed by atoms with Crippen LogP contribution in [0.5, 0.6) is 5.75 Å². The van der Waals surface area contributed by atoms with Crippen LogP contribution >= 0.6 is 12.6 Å². The summed E-state index contributed by atoms with van der Waals surface area (Å²) in [4.78, 5) is 71.6. The van der Waals surface area contributed by atoms with E-state index in [2.05, 4.69) is 28.6 Å². The van der Waals surface area contributed by atoms with Crippen LogP contribution in [0.15, 0.2) is 24.3 Å². The van der Waals surface area contributed by atoms with Crippen LogP contribution in [0, 0.1) is 0 Å². The van der Waals surface area contributed by atoms with Gasteiger partial charge < -0.3 is 42.7 Å². The lowest BCUT2D eigenvalue weighted by Crippen LogP contribution is -2.58. The van der Waals surface area contributed by atoms with Gasteiger partial charge >= 0.3 is 11.9 Å². The number of hydrogen-bond donors (Lipinski definition) is 9. The number of carboxylic acid groups (broad SMARTS) is 2. The molecule has 0 aliphatic carbocycles. The molecule has 0 aliphatic heterocycles. The molecular weight excluding hydrogens is 486 g/mol. The molecular formula is C20H27N5O9S. The Kier molecular flexibility index (Phi) is 11.5. The number of carboxylic acids is 2. The van der Waals surface area contributed by atoms with Gasteiger partial charge in [-0.25, -0.2) is 4.79 Å². The summed E-state index contributed by atoms with van der Waals surface area (Å²) < 4.78 is 0. The van der Waals surface area contributed by atoms with Gasteiger partial charge in [-0.05, 0) is 17.7 Å². The van der Waals surface area contributed by atoms with Crippen LogP contribution in [-0.4, -0.2) is 80.8 Å². The van der Waals surface area contributed by atoms with Crippen molar-refractivity contribution in [1.29, 1.82) is 0 Å². The molecule has 14 nitrogen and oxygen atoms in total. The number of hydrogen-bond acceptors (Lipinski definition) is 9. The smallest absolute Gasteiger partial charge is 0.326 e. The summed E-state index contributed by atoms with van der Waals surface area (Å²) in [6, 6.07) is -0.478. The highest BCUT2D eigenvalue weighted by atomic mass is 32.1. The number of amides is 4. The summed E-state index contributed by atoms with van der Waals surface area (Å²) in [5.41, 5.74) is 11.1. The van der Waals surface area contributed by atoms with Crippen LogP contribution in [0.3, 0.4) is 0 Å². The highest BCUT2D eigenvalue weighted by Gasteiger charge is 2.32. The van der Waals surface area contributed by atoms with E-state index in [0.29, 0.717) is 5.56 Å². The minimum Gasteiger partial charge on any atom is -0.508 e. The predicted octanol–water partition coefficient (Wildman–Crippen LogP) is -2.92. The maximum Gasteiger partial charge on any atom is 0.326 e. The number of nitrogens with two attached hydrogens (primary N) is 2. The zero-order valence-corrected chi connectivity index (χ0v) is 19.2. The number of primary amides is 1. The first kappa shape index (κ1) is 29.2. The zero-order valence-electron chi connectivity index (χ0n) is 18.3. The van der Waals surface area contributed by atoms with Gasteiger partial charge in [0.25, 0.3) is 0 Å². The monoisotopic (exact) mass is 513 g/mol. The molecule has 4 unspecified atom stereocenters. The molecule has 1 rings (SSSR count). The second-order valence-corrected chi connectivity index (χ2v) is 7.81. The molecule has 4 atom stereocenters. The largest absolute Gasteiger partial charge is 0.508 e. The quantitative estimate of drug-likeness (QED) is 0.115. The van der Waals surface area contributed by atoms with E-state index in [1.807, 2.05) is 0 Å². The average molecular weight is 514 g/mol. The second-order valence-electron chi connectivity index (χ2n) is 7.45. The molecule has 192 valence electrons. The lowest BCUT2D eigenvalue weighted by Gasteiger charge is -2.24. The molecule has 10 N–H and O–H groups in total. The van der Waals surface area contributed by atoms with E-state index >= 15 is 0 Å². The third-order valence-corrected chi connectivity index (χ3v) is 4.97. The Morgan fingerprint density at radius 1 is 0.829 bits per heavy atom. The molecule has 0 radical (unpaired) electrons. The van der Waals surface area contributed by atoms with Crippen LogP contribution in [0.25, 0.3) is 0 Å². The molecule has 0 saturated heterocycles. The van der Waals surface area contributed by atoms with Crippen LogP contribution < -0.4 is 27.4 Å². The predicted molar refractivity (Wildman–Crippen MR) is 123 cm³/mol. The standard InChI is InChI=1S/C20H27N5O9S/c21-11(8-35)17(30)23-12(6-15(22)27)18(31)24-13(7-16(28)29)19(32)25-14(20(33)34)5-9-1-3-10(26)4-2-9/h1-4,11-14,26,35H,5-8,21H2,(H2,22,27)(H,23,30)(H,24,31)(H,25,32)(H,28,29)(H,33,34). The molecule has 0 saturated carbocycles. The number of nitrogens with one attached hydrogen (secondary N) is 3. The van der Waals surface area contributed by atoms with Crippen molar-refractivity contribution in [1.82, 2.24) is 16.0 Å². The zero-order chi connectivity index (χ0) is 26.7. The van der Waals surface area contributed by atoms with Gasteiger partial charge in [0.2, 0.25) is 23.6 Å². The van der Waals surface area contributed by atoms with E-state index < -0.39 is 72.6 Å². The van der Waals surface area contributed by atoms with Gasteiger partial charge in [-0.1, -0.05) is 12.1 Å². The van der Waals surface area contributed by atoms with E-state index in [1.165, 1.54) is 24.3 Å². The van der Waals surface area contributed by atoms with Crippen molar-refractivity contribution in [3.8, 4) is 5.75 Å². The number of carbonyl (C=O) groups excluding carboxylic acids is 4. The summed E-state index contributed by atoms with van der Waals surface area (Å²) in [5.74, 6) is -7.15. The number of thiol groups is 1. The Hall–Kier alpha value is -3.85. The molecule has 0 aliphatic rings. The van der Waals surface area contributed by atoms with E-state index in [0.717, 1.165) is 0 Å². The van der Waals surface area contributed by atoms with Gasteiger partial charge in [0.05, 0.1) is 18.9 Å². The van der Waals surface area contributed by atoms with Crippen molar-refractivity contribution in [3.63, 3.8) is 0 Å². The van der Waals surface area contributed by atoms with E-state index in [1.54, 1.807) is 0 Å². The van der Waals surface area contributed by atoms with Crippen LogP contribution in [0.4, 0.5) is 0 Å². The Morgan fingerprint density at radius 3 is 1.77 bits per heavy atom. The molecule has 4 amide bonds. The maximum atomic E-state index is 12.7. The Bertz CT molecular complexity index is 957. The second kappa shape index (κ2) is 13.8. The summed E-state index contributed by atoms with van der Waals surface area (Å²) >= 11 is 3.85. The summed E-state index contributed by atoms with van der Waals surface area (Å²) in [6.45, 7) is 0. The summed E-state index contributed by atoms with van der Waals surface area (Å²) in [7, 11) is 0. The van der Waals surface area contributed by atoms with Crippen molar-refractivity contribution < 1.29 is 44.1 Å². The van der Waals surface area contributed by atoms with E-state index in [4.69, 9.17) is 16.6 Å². The van der Waals surface area contributed by atoms with Crippen LogP contribution in [0.2, 0.25) is 0 Å². The third-order valence-electron chi connectivity index (χ3n) is 4.57. The summed E-state index contributed by atoms with van der Waals surface area (Å²) in [5, 5.41) is 34.4. The number of phenols is 1. The molecule has 15 heteroatoms. The molecule has 0 heterocycles. The molecule has 1 aromatic carbocycles. The molecule has 0 aromatic heterocycles. The molecule has 0 spiro atoms. The number of phenolic OH excluding ortho intramolecular Hbond substituents is 1. The fourth-order valence-corrected chi connectivity index (χ4v) is 2.93. The maximum absolute atomic E-state index is 12.7. The van der Waals surface area contributed by atoms with Gasteiger partial charge in [-0.3, -0.25) is 24.0 Å². The van der Waals surface area contributed by atoms with Crippen LogP contribution in [0.1, 0.15) is 18.4 Å². The van der Waals surface area contributed by atoms with Crippen molar-refractivity contribution in [2.45, 2.75) is 43.4 Å². The topological polar surface area (TPSA) is 251 Å². The first-order valence-corrected chi connectivity index (χ1v) is 10.8. The van der Waals surface area contributed by atoms with Gasteiger partial charge in [0.15, 0.2) is 0 Å². The lowest BCUT2D eigenvalue weighted by atomic mass is 10.0. The normalized spacial score (nSPS) is 14.0. The van der Waals surface area contributed by atoms with E-state index in [-0.39, 0.29) is 17.9 Å². The van der Waals surface area contributed by atoms with Gasteiger partial charge in [-0.2, -0.15) is 12.6 Å². The van der Waals surface area contributed by atoms with Crippen LogP contribution in [-0.2, 0) is 35.2 Å². The SMILES string of the molecule is NC(=O)CC(NC(=O)C(N)CS)C(=O)NC(CC(=O)O)C(=O)NC(Cc1ccc(O)cc1)C(=O)O. The fourth-order valence-electron chi connectivity index (χ4n) is 2.77. The van der Waals surface area contributed by atoms with E-state index in [9.17, 15) is 39.0 Å². The van der Waals surface area contributed by atoms with Gasteiger partial charge in [0, 0.05) is 12.2 Å². The number of aromatic hydroxyl groups is 1. The van der Waals surface area contributed by atoms with Crippen molar-refractivity contribution in [3.05, 3.63) is 29.8 Å². The molecule has 1 aromatic rings. The Balaban J connectivity index is 3.03. The molecule has 0 bridgehead atoms. The summed E-state index contributed by atoms with van der Waals surface area (Å²) in [6.07, 6.45) is -1.83. The first-order valence-electron chi connectivity index (χ1n) is 10.1. The molecule has 35 heavy (non-hydrogen) atoms. The number of rotatable bonds is 14. The Labute approximate surface area is 204 Å². The average Bonchev–Trinajstić information content (AvgIpc) is 2.77. The minimum absolute atomic E-state index is 0.0539. The highest BCUT2D eigenvalue weighted by Crippen LogP contribution is 2.12. The van der Waals surface area contributed by atoms with Gasteiger partial charge in [0.1, 0.15) is 23.9 Å². The number of aliphatic carboxylic acids is 2. The number of carbonyl (C=O) groups is 6. The van der Waals surface area contributed by atoms with Crippen molar-refractivity contribution in [2.24, 2.45) is 11.5 Å². The van der Waals surface area contributed by atoms with Crippen molar-refractivity contribution in [2.75, 3.05) is 5.75 Å². The van der Waals surface area contributed by atoms with Gasteiger partial charge in [-0.15, -0.1) is 0 Å². The third kappa shape index (κ3) is 10.3. The lowest BCUT2D eigenvalue weighted by molar-refractivity contribution is -0.143. The minimum atomic E-state index is -1.76. The highest BCUT2D eigenvalue weighted by molar-refractivity contribution is 7.80. The van der Waals surface area contributed by atoms with Crippen molar-refractivity contribution >= 4 is 48.2 Å². The fraction of sp³-hybridized carbons (Fsp3) is 0.400. The molecule has 0 fully saturated rings. The number of benzene rings is 1. The Morgan fingerprint density at radius 2 is 1.31 bits per heavy atom. The first-order chi connectivity index (χ1) is 16.3.